The first-order chi connectivity index (χ1) is 10.7. The zero-order chi connectivity index (χ0) is 15.8. The molecular formula is C18H19NO3. The summed E-state index contributed by atoms with van der Waals surface area (Å²) in [6.45, 7) is 2.27. The summed E-state index contributed by atoms with van der Waals surface area (Å²) in [5, 5.41) is 2.77. The second kappa shape index (κ2) is 7.98. The lowest BCUT2D eigenvalue weighted by atomic mass is 10.0. The maximum Gasteiger partial charge on any atom is 0.338 e. The molecule has 2 aromatic rings. The fourth-order valence-electron chi connectivity index (χ4n) is 2.01. The smallest absolute Gasteiger partial charge is 0.338 e. The summed E-state index contributed by atoms with van der Waals surface area (Å²) in [5.74, 6) is -0.589. The van der Waals surface area contributed by atoms with Crippen LogP contribution in [0.15, 0.2) is 60.7 Å². The van der Waals surface area contributed by atoms with Crippen LogP contribution in [0.4, 0.5) is 0 Å². The molecule has 4 heteroatoms. The van der Waals surface area contributed by atoms with E-state index >= 15 is 0 Å². The van der Waals surface area contributed by atoms with E-state index in [2.05, 4.69) is 5.32 Å². The Morgan fingerprint density at radius 3 is 2.23 bits per heavy atom. The minimum Gasteiger partial charge on any atom is -0.452 e. The minimum absolute atomic E-state index is 0.204. The summed E-state index contributed by atoms with van der Waals surface area (Å²) >= 11 is 0. The molecule has 0 heterocycles. The van der Waals surface area contributed by atoms with Crippen molar-refractivity contribution < 1.29 is 14.3 Å². The van der Waals surface area contributed by atoms with Crippen LogP contribution in [-0.2, 0) is 9.53 Å². The van der Waals surface area contributed by atoms with Gasteiger partial charge in [-0.15, -0.1) is 0 Å². The topological polar surface area (TPSA) is 55.4 Å². The molecule has 1 N–H and O–H groups in total. The van der Waals surface area contributed by atoms with Crippen molar-refractivity contribution in [2.24, 2.45) is 0 Å². The van der Waals surface area contributed by atoms with Gasteiger partial charge in [-0.2, -0.15) is 0 Å². The van der Waals surface area contributed by atoms with Gasteiger partial charge in [0, 0.05) is 6.54 Å². The van der Waals surface area contributed by atoms with Crippen molar-refractivity contribution in [1.82, 2.24) is 5.32 Å². The van der Waals surface area contributed by atoms with E-state index in [1.807, 2.05) is 43.3 Å². The number of nitrogens with one attached hydrogen (secondary N) is 1. The Balaban J connectivity index is 1.73. The van der Waals surface area contributed by atoms with Crippen LogP contribution in [0.25, 0.3) is 0 Å². The Morgan fingerprint density at radius 2 is 1.59 bits per heavy atom. The first-order valence-electron chi connectivity index (χ1n) is 7.20. The number of ether oxygens (including phenoxy) is 1. The van der Waals surface area contributed by atoms with E-state index < -0.39 is 5.97 Å². The van der Waals surface area contributed by atoms with E-state index in [0.717, 1.165) is 5.56 Å². The van der Waals surface area contributed by atoms with E-state index in [1.165, 1.54) is 0 Å². The summed E-state index contributed by atoms with van der Waals surface area (Å²) in [6, 6.07) is 18.5. The lowest BCUT2D eigenvalue weighted by molar-refractivity contribution is -0.124. The first-order valence-corrected chi connectivity index (χ1v) is 7.20. The number of hydrogen-bond donors (Lipinski definition) is 1. The average Bonchev–Trinajstić information content (AvgIpc) is 2.59. The molecule has 0 aliphatic rings. The number of carbonyl (C=O) groups excluding carboxylic acids is 2. The fourth-order valence-corrected chi connectivity index (χ4v) is 2.01. The number of benzene rings is 2. The highest BCUT2D eigenvalue weighted by molar-refractivity contribution is 5.91. The molecule has 2 rings (SSSR count). The van der Waals surface area contributed by atoms with Crippen LogP contribution < -0.4 is 5.32 Å². The Hall–Kier alpha value is -2.62. The average molecular weight is 297 g/mol. The van der Waals surface area contributed by atoms with Gasteiger partial charge in [-0.3, -0.25) is 4.79 Å². The van der Waals surface area contributed by atoms with Gasteiger partial charge in [0.1, 0.15) is 0 Å². The van der Waals surface area contributed by atoms with Crippen LogP contribution in [0.5, 0.6) is 0 Å². The predicted octanol–water partition coefficient (Wildman–Crippen LogP) is 2.76. The molecule has 1 unspecified atom stereocenters. The molecule has 0 bridgehead atoms. The van der Waals surface area contributed by atoms with Crippen molar-refractivity contribution in [2.45, 2.75) is 12.8 Å². The molecule has 1 atom stereocenters. The summed E-state index contributed by atoms with van der Waals surface area (Å²) < 4.78 is 4.98. The summed E-state index contributed by atoms with van der Waals surface area (Å²) in [7, 11) is 0. The number of esters is 1. The molecule has 0 radical (unpaired) electrons. The maximum atomic E-state index is 11.7. The molecule has 0 saturated carbocycles. The predicted molar refractivity (Wildman–Crippen MR) is 84.6 cm³/mol. The highest BCUT2D eigenvalue weighted by atomic mass is 16.5. The first kappa shape index (κ1) is 15.8. The van der Waals surface area contributed by atoms with Crippen molar-refractivity contribution in [3.05, 3.63) is 71.8 Å². The zero-order valence-corrected chi connectivity index (χ0v) is 12.5. The molecule has 2 aromatic carbocycles. The van der Waals surface area contributed by atoms with Crippen LogP contribution in [0.1, 0.15) is 28.8 Å². The molecule has 22 heavy (non-hydrogen) atoms. The van der Waals surface area contributed by atoms with Crippen molar-refractivity contribution in [2.75, 3.05) is 13.2 Å². The van der Waals surface area contributed by atoms with Crippen LogP contribution in [-0.4, -0.2) is 25.0 Å². The molecule has 0 aliphatic heterocycles. The van der Waals surface area contributed by atoms with Crippen LogP contribution >= 0.6 is 0 Å². The van der Waals surface area contributed by atoms with Gasteiger partial charge in [0.2, 0.25) is 0 Å². The van der Waals surface area contributed by atoms with Crippen molar-refractivity contribution >= 4 is 11.9 Å². The lowest BCUT2D eigenvalue weighted by Gasteiger charge is -2.13. The molecule has 0 spiro atoms. The monoisotopic (exact) mass is 297 g/mol. The molecule has 1 amide bonds. The second-order valence-corrected chi connectivity index (χ2v) is 5.06. The number of carbonyl (C=O) groups is 2. The lowest BCUT2D eigenvalue weighted by Crippen LogP contribution is -2.31. The Morgan fingerprint density at radius 1 is 1.00 bits per heavy atom. The van der Waals surface area contributed by atoms with Gasteiger partial charge in [0.25, 0.3) is 5.91 Å². The van der Waals surface area contributed by atoms with Gasteiger partial charge >= 0.3 is 5.97 Å². The molecule has 0 fully saturated rings. The van der Waals surface area contributed by atoms with Crippen molar-refractivity contribution in [3.63, 3.8) is 0 Å². The van der Waals surface area contributed by atoms with E-state index in [0.29, 0.717) is 12.1 Å². The van der Waals surface area contributed by atoms with Gasteiger partial charge in [-0.25, -0.2) is 4.79 Å². The molecule has 4 nitrogen and oxygen atoms in total. The standard InChI is InChI=1S/C18H19NO3/c1-14(15-8-4-2-5-9-15)12-19-17(20)13-22-18(21)16-10-6-3-7-11-16/h2-11,14H,12-13H2,1H3,(H,19,20). The third kappa shape index (κ3) is 4.74. The molecule has 0 saturated heterocycles. The van der Waals surface area contributed by atoms with Gasteiger partial charge in [-0.05, 0) is 23.6 Å². The molecule has 0 aliphatic carbocycles. The van der Waals surface area contributed by atoms with Crippen LogP contribution in [0.3, 0.4) is 0 Å². The summed E-state index contributed by atoms with van der Waals surface area (Å²) in [4.78, 5) is 23.4. The van der Waals surface area contributed by atoms with Gasteiger partial charge in [-0.1, -0.05) is 55.5 Å². The van der Waals surface area contributed by atoms with Gasteiger partial charge in [0.05, 0.1) is 5.56 Å². The molecule has 0 aromatic heterocycles. The SMILES string of the molecule is CC(CNC(=O)COC(=O)c1ccccc1)c1ccccc1. The van der Waals surface area contributed by atoms with E-state index in [1.54, 1.807) is 24.3 Å². The second-order valence-electron chi connectivity index (χ2n) is 5.06. The number of amides is 1. The van der Waals surface area contributed by atoms with E-state index in [4.69, 9.17) is 4.74 Å². The third-order valence-electron chi connectivity index (χ3n) is 3.32. The Kier molecular flexibility index (Phi) is 5.72. The fraction of sp³-hybridized carbons (Fsp3) is 0.222. The zero-order valence-electron chi connectivity index (χ0n) is 12.5. The molecular weight excluding hydrogens is 278 g/mol. The number of rotatable bonds is 6. The minimum atomic E-state index is -0.494. The van der Waals surface area contributed by atoms with Gasteiger partial charge < -0.3 is 10.1 Å². The number of hydrogen-bond acceptors (Lipinski definition) is 3. The van der Waals surface area contributed by atoms with Crippen LogP contribution in [0, 0.1) is 0 Å². The van der Waals surface area contributed by atoms with Crippen molar-refractivity contribution in [1.29, 1.82) is 0 Å². The quantitative estimate of drug-likeness (QED) is 0.834. The maximum absolute atomic E-state index is 11.7. The third-order valence-corrected chi connectivity index (χ3v) is 3.32. The van der Waals surface area contributed by atoms with E-state index in [-0.39, 0.29) is 18.4 Å². The largest absolute Gasteiger partial charge is 0.452 e. The van der Waals surface area contributed by atoms with Crippen molar-refractivity contribution in [3.8, 4) is 0 Å². The van der Waals surface area contributed by atoms with Gasteiger partial charge in [0.15, 0.2) is 6.61 Å². The highest BCUT2D eigenvalue weighted by Gasteiger charge is 2.11. The highest BCUT2D eigenvalue weighted by Crippen LogP contribution is 2.12. The molecule has 114 valence electrons. The Bertz CT molecular complexity index is 611. The normalized spacial score (nSPS) is 11.5. The van der Waals surface area contributed by atoms with Crippen LogP contribution in [0.2, 0.25) is 0 Å². The summed E-state index contributed by atoms with van der Waals surface area (Å²) in [6.07, 6.45) is 0. The Labute approximate surface area is 130 Å². The van der Waals surface area contributed by atoms with E-state index in [9.17, 15) is 9.59 Å². The summed E-state index contributed by atoms with van der Waals surface area (Å²) in [5.41, 5.74) is 1.59.